The van der Waals surface area contributed by atoms with Gasteiger partial charge in [-0.1, -0.05) is 0 Å². The summed E-state index contributed by atoms with van der Waals surface area (Å²) in [5, 5.41) is 4.10. The van der Waals surface area contributed by atoms with Crippen LogP contribution in [0.25, 0.3) is 0 Å². The molecule has 3 rings (SSSR count). The van der Waals surface area contributed by atoms with Gasteiger partial charge in [0.25, 0.3) is 5.91 Å². The zero-order valence-electron chi connectivity index (χ0n) is 16.4. The summed E-state index contributed by atoms with van der Waals surface area (Å²) in [5.74, 6) is 0.548. The predicted octanol–water partition coefficient (Wildman–Crippen LogP) is 0.892. The molecule has 0 atom stereocenters. The van der Waals surface area contributed by atoms with Crippen LogP contribution in [-0.2, 0) is 17.1 Å². The molecule has 1 aliphatic heterocycles. The van der Waals surface area contributed by atoms with Crippen LogP contribution in [0.5, 0.6) is 11.5 Å². The van der Waals surface area contributed by atoms with Crippen molar-refractivity contribution in [3.8, 4) is 11.5 Å². The molecule has 0 saturated carbocycles. The van der Waals surface area contributed by atoms with Gasteiger partial charge in [0.05, 0.1) is 26.0 Å². The van der Waals surface area contributed by atoms with Gasteiger partial charge in [0, 0.05) is 45.0 Å². The number of ether oxygens (including phenoxy) is 2. The lowest BCUT2D eigenvalue weighted by molar-refractivity contribution is 0.0697. The first-order chi connectivity index (χ1) is 13.3. The maximum atomic E-state index is 13.1. The van der Waals surface area contributed by atoms with Crippen LogP contribution in [0.2, 0.25) is 0 Å². The van der Waals surface area contributed by atoms with Crippen molar-refractivity contribution in [3.05, 3.63) is 35.7 Å². The van der Waals surface area contributed by atoms with Crippen LogP contribution in [0.3, 0.4) is 0 Å². The molecule has 1 aliphatic rings. The minimum absolute atomic E-state index is 0.0530. The van der Waals surface area contributed by atoms with Crippen LogP contribution in [0, 0.1) is 6.92 Å². The Morgan fingerprint density at radius 2 is 1.79 bits per heavy atom. The van der Waals surface area contributed by atoms with Crippen molar-refractivity contribution < 1.29 is 22.7 Å². The third-order valence-electron chi connectivity index (χ3n) is 4.98. The molecule has 28 heavy (non-hydrogen) atoms. The molecule has 0 N–H and O–H groups in total. The van der Waals surface area contributed by atoms with Gasteiger partial charge in [0.15, 0.2) is 0 Å². The maximum Gasteiger partial charge on any atom is 0.257 e. The van der Waals surface area contributed by atoms with Gasteiger partial charge >= 0.3 is 0 Å². The molecule has 2 aromatic rings. The number of methoxy groups -OCH3 is 2. The number of aromatic nitrogens is 2. The van der Waals surface area contributed by atoms with Gasteiger partial charge in [-0.05, 0) is 19.1 Å². The molecule has 152 valence electrons. The number of aryl methyl sites for hydroxylation is 1. The summed E-state index contributed by atoms with van der Waals surface area (Å²) in [6.45, 7) is 2.84. The molecule has 1 fully saturated rings. The van der Waals surface area contributed by atoms with Crippen LogP contribution >= 0.6 is 0 Å². The number of carbonyl (C=O) groups excluding carboxylic acids is 1. The molecule has 9 nitrogen and oxygen atoms in total. The number of sulfonamides is 1. The highest BCUT2D eigenvalue weighted by atomic mass is 32.2. The van der Waals surface area contributed by atoms with Crippen molar-refractivity contribution in [3.63, 3.8) is 0 Å². The van der Waals surface area contributed by atoms with E-state index >= 15 is 0 Å². The SMILES string of the molecule is COc1ccc(OC)c(S(=O)(=O)N2CCN(C(=O)c3cnn(C)c3C)CC2)c1. The van der Waals surface area contributed by atoms with E-state index in [1.807, 2.05) is 6.92 Å². The predicted molar refractivity (Wildman–Crippen MR) is 102 cm³/mol. The summed E-state index contributed by atoms with van der Waals surface area (Å²) >= 11 is 0. The second-order valence-corrected chi connectivity index (χ2v) is 8.39. The topological polar surface area (TPSA) is 94.0 Å². The lowest BCUT2D eigenvalue weighted by Crippen LogP contribution is -2.50. The second-order valence-electron chi connectivity index (χ2n) is 6.48. The summed E-state index contributed by atoms with van der Waals surface area (Å²) in [7, 11) is 0.894. The van der Waals surface area contributed by atoms with Gasteiger partial charge in [-0.2, -0.15) is 9.40 Å². The highest BCUT2D eigenvalue weighted by molar-refractivity contribution is 7.89. The van der Waals surface area contributed by atoms with Gasteiger partial charge in [-0.25, -0.2) is 8.42 Å². The zero-order chi connectivity index (χ0) is 20.5. The largest absolute Gasteiger partial charge is 0.497 e. The Morgan fingerprint density at radius 1 is 1.11 bits per heavy atom. The minimum Gasteiger partial charge on any atom is -0.497 e. The van der Waals surface area contributed by atoms with Crippen molar-refractivity contribution in [2.45, 2.75) is 11.8 Å². The Bertz CT molecular complexity index is 978. The van der Waals surface area contributed by atoms with Crippen molar-refractivity contribution in [2.24, 2.45) is 7.05 Å². The van der Waals surface area contributed by atoms with Crippen molar-refractivity contribution in [2.75, 3.05) is 40.4 Å². The van der Waals surface area contributed by atoms with Crippen LogP contribution in [0.15, 0.2) is 29.3 Å². The molecular weight excluding hydrogens is 384 g/mol. The van der Waals surface area contributed by atoms with Gasteiger partial charge in [-0.3, -0.25) is 9.48 Å². The van der Waals surface area contributed by atoms with E-state index in [-0.39, 0.29) is 29.6 Å². The van der Waals surface area contributed by atoms with Crippen LogP contribution in [0.1, 0.15) is 16.1 Å². The fourth-order valence-electron chi connectivity index (χ4n) is 3.14. The molecule has 0 radical (unpaired) electrons. The molecule has 1 saturated heterocycles. The highest BCUT2D eigenvalue weighted by Gasteiger charge is 2.33. The summed E-state index contributed by atoms with van der Waals surface area (Å²) in [5.41, 5.74) is 1.31. The monoisotopic (exact) mass is 408 g/mol. The fourth-order valence-corrected chi connectivity index (χ4v) is 4.73. The molecule has 0 spiro atoms. The first kappa shape index (κ1) is 20.2. The van der Waals surface area contributed by atoms with E-state index in [1.54, 1.807) is 35.0 Å². The van der Waals surface area contributed by atoms with E-state index in [9.17, 15) is 13.2 Å². The Kier molecular flexibility index (Phi) is 5.61. The first-order valence-corrected chi connectivity index (χ1v) is 10.2. The lowest BCUT2D eigenvalue weighted by Gasteiger charge is -2.34. The molecule has 1 aromatic carbocycles. The summed E-state index contributed by atoms with van der Waals surface area (Å²) < 4.78 is 39.6. The van der Waals surface area contributed by atoms with Gasteiger partial charge in [0.2, 0.25) is 10.0 Å². The molecular formula is C18H24N4O5S. The average molecular weight is 408 g/mol. The van der Waals surface area contributed by atoms with Crippen molar-refractivity contribution in [1.29, 1.82) is 0 Å². The smallest absolute Gasteiger partial charge is 0.257 e. The van der Waals surface area contributed by atoms with E-state index in [1.165, 1.54) is 24.6 Å². The van der Waals surface area contributed by atoms with E-state index in [0.717, 1.165) is 5.69 Å². The van der Waals surface area contributed by atoms with E-state index in [2.05, 4.69) is 5.10 Å². The maximum absolute atomic E-state index is 13.1. The summed E-state index contributed by atoms with van der Waals surface area (Å²) in [6.07, 6.45) is 1.54. The average Bonchev–Trinajstić information content (AvgIpc) is 3.05. The Balaban J connectivity index is 1.77. The molecule has 0 unspecified atom stereocenters. The van der Waals surface area contributed by atoms with E-state index in [0.29, 0.717) is 24.4 Å². The number of benzene rings is 1. The van der Waals surface area contributed by atoms with Crippen LogP contribution in [-0.4, -0.2) is 73.7 Å². The molecule has 2 heterocycles. The molecule has 1 amide bonds. The van der Waals surface area contributed by atoms with Gasteiger partial charge in [0.1, 0.15) is 16.4 Å². The standard InChI is InChI=1S/C18H24N4O5S/c1-13-15(12-19-20(13)2)18(23)21-7-9-22(10-8-21)28(24,25)17-11-14(26-3)5-6-16(17)27-4/h5-6,11-12H,7-10H2,1-4H3. The number of nitrogens with zero attached hydrogens (tertiary/aromatic N) is 4. The van der Waals surface area contributed by atoms with Crippen molar-refractivity contribution in [1.82, 2.24) is 19.0 Å². The number of amides is 1. The summed E-state index contributed by atoms with van der Waals surface area (Å²) in [6, 6.07) is 4.66. The van der Waals surface area contributed by atoms with Crippen LogP contribution in [0.4, 0.5) is 0 Å². The third kappa shape index (κ3) is 3.57. The lowest BCUT2D eigenvalue weighted by atomic mass is 10.2. The highest BCUT2D eigenvalue weighted by Crippen LogP contribution is 2.31. The normalized spacial score (nSPS) is 15.5. The quantitative estimate of drug-likeness (QED) is 0.729. The number of rotatable bonds is 5. The Labute approximate surface area is 164 Å². The van der Waals surface area contributed by atoms with Crippen molar-refractivity contribution >= 4 is 15.9 Å². The molecule has 10 heteroatoms. The first-order valence-electron chi connectivity index (χ1n) is 8.79. The van der Waals surface area contributed by atoms with E-state index in [4.69, 9.17) is 9.47 Å². The number of hydrogen-bond donors (Lipinski definition) is 0. The molecule has 0 bridgehead atoms. The Hall–Kier alpha value is -2.59. The fraction of sp³-hybridized carbons (Fsp3) is 0.444. The van der Waals surface area contributed by atoms with Crippen LogP contribution < -0.4 is 9.47 Å². The molecule has 1 aromatic heterocycles. The minimum atomic E-state index is -3.78. The van der Waals surface area contributed by atoms with Gasteiger partial charge < -0.3 is 14.4 Å². The van der Waals surface area contributed by atoms with E-state index < -0.39 is 10.0 Å². The Morgan fingerprint density at radius 3 is 2.32 bits per heavy atom. The zero-order valence-corrected chi connectivity index (χ0v) is 17.2. The second kappa shape index (κ2) is 7.80. The summed E-state index contributed by atoms with van der Waals surface area (Å²) in [4.78, 5) is 14.4. The van der Waals surface area contributed by atoms with Gasteiger partial charge in [-0.15, -0.1) is 0 Å². The third-order valence-corrected chi connectivity index (χ3v) is 6.90. The molecule has 0 aliphatic carbocycles. The number of carbonyl (C=O) groups is 1. The number of hydrogen-bond acceptors (Lipinski definition) is 6. The number of piperazine rings is 1.